The van der Waals surface area contributed by atoms with Gasteiger partial charge in [0, 0.05) is 29.3 Å². The number of para-hydroxylation sites is 1. The third kappa shape index (κ3) is 4.40. The van der Waals surface area contributed by atoms with Crippen molar-refractivity contribution in [1.82, 2.24) is 24.5 Å². The van der Waals surface area contributed by atoms with E-state index in [2.05, 4.69) is 39.1 Å². The number of nitrogens with one attached hydrogen (secondary N) is 1. The Morgan fingerprint density at radius 3 is 2.38 bits per heavy atom. The van der Waals surface area contributed by atoms with Crippen molar-refractivity contribution in [2.24, 2.45) is 5.92 Å². The summed E-state index contributed by atoms with van der Waals surface area (Å²) in [7, 11) is 0. The van der Waals surface area contributed by atoms with Crippen LogP contribution in [0.1, 0.15) is 25.6 Å². The Hall–Kier alpha value is -4.98. The molecule has 1 N–H and O–H groups in total. The molecule has 0 radical (unpaired) electrons. The first-order valence-electron chi connectivity index (χ1n) is 12.7. The Kier molecular flexibility index (Phi) is 6.28. The van der Waals surface area contributed by atoms with E-state index in [0.717, 1.165) is 27.9 Å². The van der Waals surface area contributed by atoms with Crippen molar-refractivity contribution in [1.29, 1.82) is 0 Å². The van der Waals surface area contributed by atoms with E-state index in [1.54, 1.807) is 29.1 Å². The van der Waals surface area contributed by atoms with Crippen LogP contribution in [-0.2, 0) is 0 Å². The molecule has 0 aliphatic rings. The summed E-state index contributed by atoms with van der Waals surface area (Å²) in [4.78, 5) is 31.3. The fraction of sp³-hybridized carbons (Fsp3) is 0.129. The van der Waals surface area contributed by atoms with Crippen molar-refractivity contribution in [3.63, 3.8) is 0 Å². The molecule has 8 heteroatoms. The number of halogens is 1. The molecule has 6 rings (SSSR count). The van der Waals surface area contributed by atoms with Crippen LogP contribution < -0.4 is 10.9 Å². The van der Waals surface area contributed by atoms with Crippen LogP contribution >= 0.6 is 0 Å². The highest BCUT2D eigenvalue weighted by atomic mass is 19.1. The minimum atomic E-state index is -0.410. The largest absolute Gasteiger partial charge is 0.361 e. The predicted octanol–water partition coefficient (Wildman–Crippen LogP) is 6.34. The lowest BCUT2D eigenvalue weighted by atomic mass is 9.95. The zero-order valence-corrected chi connectivity index (χ0v) is 21.4. The van der Waals surface area contributed by atoms with Gasteiger partial charge in [0.05, 0.1) is 22.3 Å². The summed E-state index contributed by atoms with van der Waals surface area (Å²) < 4.78 is 16.7. The monoisotopic (exact) mass is 516 g/mol. The van der Waals surface area contributed by atoms with E-state index >= 15 is 0 Å². The second-order valence-electron chi connectivity index (χ2n) is 9.66. The number of aromatic nitrogens is 5. The molecule has 6 aromatic rings. The van der Waals surface area contributed by atoms with E-state index in [1.807, 2.05) is 54.6 Å². The van der Waals surface area contributed by atoms with Crippen LogP contribution in [0.4, 0.5) is 10.2 Å². The van der Waals surface area contributed by atoms with Crippen molar-refractivity contribution in [3.8, 4) is 16.8 Å². The standard InChI is InChI=1S/C31H25FN6O/c1-19(2)29(37-30-28-24(32)12-7-13-25(28)35-18-36-30)26-14-20-8-6-11-23(21-15-33-17-34-16-21)27(20)31(39)38(26)22-9-4-3-5-10-22/h3-19,29H,1-2H3,(H,35,36,37)/t29-/m0/s1. The Labute approximate surface area is 224 Å². The van der Waals surface area contributed by atoms with E-state index in [4.69, 9.17) is 0 Å². The highest BCUT2D eigenvalue weighted by Gasteiger charge is 2.25. The molecule has 3 aromatic heterocycles. The first kappa shape index (κ1) is 24.4. The van der Waals surface area contributed by atoms with Crippen LogP contribution in [0.15, 0.2) is 103 Å². The van der Waals surface area contributed by atoms with E-state index < -0.39 is 5.82 Å². The van der Waals surface area contributed by atoms with Gasteiger partial charge in [-0.3, -0.25) is 9.36 Å². The van der Waals surface area contributed by atoms with Gasteiger partial charge in [0.15, 0.2) is 0 Å². The van der Waals surface area contributed by atoms with Crippen molar-refractivity contribution in [2.45, 2.75) is 19.9 Å². The fourth-order valence-corrected chi connectivity index (χ4v) is 5.04. The number of hydrogen-bond donors (Lipinski definition) is 1. The molecule has 1 atom stereocenters. The van der Waals surface area contributed by atoms with Crippen molar-refractivity contribution >= 4 is 27.5 Å². The van der Waals surface area contributed by atoms with Gasteiger partial charge >= 0.3 is 0 Å². The number of benzene rings is 3. The van der Waals surface area contributed by atoms with Crippen LogP contribution in [0.5, 0.6) is 0 Å². The Morgan fingerprint density at radius 2 is 1.62 bits per heavy atom. The molecule has 0 bridgehead atoms. The highest BCUT2D eigenvalue weighted by molar-refractivity contribution is 5.96. The Bertz CT molecular complexity index is 1850. The smallest absolute Gasteiger partial charge is 0.263 e. The molecule has 0 spiro atoms. The topological polar surface area (TPSA) is 85.6 Å². The summed E-state index contributed by atoms with van der Waals surface area (Å²) in [6.45, 7) is 4.11. The van der Waals surface area contributed by atoms with Gasteiger partial charge in [-0.2, -0.15) is 0 Å². The number of anilines is 1. The second-order valence-corrected chi connectivity index (χ2v) is 9.66. The van der Waals surface area contributed by atoms with Gasteiger partial charge in [0.1, 0.15) is 24.3 Å². The van der Waals surface area contributed by atoms with E-state index in [0.29, 0.717) is 22.1 Å². The normalized spacial score (nSPS) is 12.2. The Morgan fingerprint density at radius 1 is 0.846 bits per heavy atom. The minimum absolute atomic E-state index is 0.0132. The van der Waals surface area contributed by atoms with Crippen molar-refractivity contribution < 1.29 is 4.39 Å². The van der Waals surface area contributed by atoms with Gasteiger partial charge in [-0.25, -0.2) is 24.3 Å². The van der Waals surface area contributed by atoms with Gasteiger partial charge in [-0.05, 0) is 47.2 Å². The summed E-state index contributed by atoms with van der Waals surface area (Å²) in [5, 5.41) is 5.12. The summed E-state index contributed by atoms with van der Waals surface area (Å²) in [5.74, 6) is -0.0229. The highest BCUT2D eigenvalue weighted by Crippen LogP contribution is 2.34. The molecule has 0 saturated heterocycles. The molecule has 39 heavy (non-hydrogen) atoms. The molecule has 0 aliphatic heterocycles. The van der Waals surface area contributed by atoms with Crippen LogP contribution in [0.2, 0.25) is 0 Å². The molecule has 0 aliphatic carbocycles. The molecule has 192 valence electrons. The van der Waals surface area contributed by atoms with Crippen LogP contribution in [0.3, 0.4) is 0 Å². The summed E-state index contributed by atoms with van der Waals surface area (Å²) in [5.41, 5.74) is 3.31. The molecule has 0 amide bonds. The maximum Gasteiger partial charge on any atom is 0.263 e. The number of pyridine rings is 1. The third-order valence-electron chi connectivity index (χ3n) is 6.85. The minimum Gasteiger partial charge on any atom is -0.361 e. The predicted molar refractivity (Wildman–Crippen MR) is 151 cm³/mol. The zero-order valence-electron chi connectivity index (χ0n) is 21.4. The Balaban J connectivity index is 1.62. The molecular formula is C31H25FN6O. The average molecular weight is 517 g/mol. The average Bonchev–Trinajstić information content (AvgIpc) is 2.96. The lowest BCUT2D eigenvalue weighted by molar-refractivity contribution is 0.523. The van der Waals surface area contributed by atoms with Crippen molar-refractivity contribution in [3.05, 3.63) is 120 Å². The molecule has 3 aromatic carbocycles. The van der Waals surface area contributed by atoms with Gasteiger partial charge in [0.25, 0.3) is 5.56 Å². The summed E-state index contributed by atoms with van der Waals surface area (Å²) in [6, 6.07) is 21.7. The summed E-state index contributed by atoms with van der Waals surface area (Å²) >= 11 is 0. The molecule has 7 nitrogen and oxygen atoms in total. The summed E-state index contributed by atoms with van der Waals surface area (Å²) in [6.07, 6.45) is 6.29. The fourth-order valence-electron chi connectivity index (χ4n) is 5.04. The first-order chi connectivity index (χ1) is 19.0. The van der Waals surface area contributed by atoms with Crippen molar-refractivity contribution in [2.75, 3.05) is 5.32 Å². The zero-order chi connectivity index (χ0) is 26.9. The number of nitrogens with zero attached hydrogens (tertiary/aromatic N) is 5. The number of rotatable bonds is 6. The van der Waals surface area contributed by atoms with Gasteiger partial charge in [0.2, 0.25) is 0 Å². The quantitative estimate of drug-likeness (QED) is 0.278. The number of fused-ring (bicyclic) bond motifs is 2. The first-order valence-corrected chi connectivity index (χ1v) is 12.7. The van der Waals surface area contributed by atoms with Crippen LogP contribution in [0.25, 0.3) is 38.5 Å². The molecule has 3 heterocycles. The van der Waals surface area contributed by atoms with Gasteiger partial charge < -0.3 is 5.32 Å². The molecule has 0 unspecified atom stereocenters. The van der Waals surface area contributed by atoms with Crippen LogP contribution in [-0.4, -0.2) is 24.5 Å². The van der Waals surface area contributed by atoms with E-state index in [1.165, 1.54) is 18.7 Å². The lowest BCUT2D eigenvalue weighted by Gasteiger charge is -2.28. The lowest BCUT2D eigenvalue weighted by Crippen LogP contribution is -2.29. The van der Waals surface area contributed by atoms with E-state index in [9.17, 15) is 9.18 Å². The maximum absolute atomic E-state index is 14.9. The maximum atomic E-state index is 14.9. The molecule has 0 fully saturated rings. The SMILES string of the molecule is CC(C)[C@H](Nc1ncnc2cccc(F)c12)c1cc2cccc(-c3cncnc3)c2c(=O)n1-c1ccccc1. The van der Waals surface area contributed by atoms with Gasteiger partial charge in [-0.15, -0.1) is 0 Å². The third-order valence-corrected chi connectivity index (χ3v) is 6.85. The van der Waals surface area contributed by atoms with Crippen LogP contribution in [0, 0.1) is 11.7 Å². The van der Waals surface area contributed by atoms with E-state index in [-0.39, 0.29) is 17.5 Å². The molecule has 0 saturated carbocycles. The molecular weight excluding hydrogens is 491 g/mol. The number of hydrogen-bond acceptors (Lipinski definition) is 6. The second kappa shape index (κ2) is 10.1. The van der Waals surface area contributed by atoms with Gasteiger partial charge in [-0.1, -0.05) is 56.3 Å².